The Balaban J connectivity index is 2.96. The maximum absolute atomic E-state index is 13.2. The molecule has 20 heavy (non-hydrogen) atoms. The zero-order valence-electron chi connectivity index (χ0n) is 12.3. The largest absolute Gasteiger partial charge is 0.325 e. The first-order valence-corrected chi connectivity index (χ1v) is 6.98. The minimum Gasteiger partial charge on any atom is -0.325 e. The molecule has 1 aromatic rings. The summed E-state index contributed by atoms with van der Waals surface area (Å²) in [5.74, 6) is -0.605. The number of aryl methyl sites for hydroxylation is 1. The fourth-order valence-electron chi connectivity index (χ4n) is 2.34. The predicted octanol–water partition coefficient (Wildman–Crippen LogP) is 4.18. The van der Waals surface area contributed by atoms with Crippen molar-refractivity contribution in [2.24, 2.45) is 5.41 Å². The van der Waals surface area contributed by atoms with Gasteiger partial charge in [-0.15, -0.1) is 0 Å². The minimum atomic E-state index is -0.994. The molecule has 4 heteroatoms. The maximum atomic E-state index is 13.2. The number of nitrogens with one attached hydrogen (secondary N) is 1. The number of carbonyl (C=O) groups is 1. The highest BCUT2D eigenvalue weighted by Gasteiger charge is 2.36. The number of nitrogens with zero attached hydrogens (tertiary/aromatic N) is 1. The Hall–Kier alpha value is -1.89. The van der Waals surface area contributed by atoms with Crippen molar-refractivity contribution >= 4 is 11.6 Å². The molecule has 3 nitrogen and oxygen atoms in total. The van der Waals surface area contributed by atoms with Crippen LogP contribution in [-0.4, -0.2) is 5.91 Å². The molecule has 0 bridgehead atoms. The zero-order valence-corrected chi connectivity index (χ0v) is 12.3. The smallest absolute Gasteiger partial charge is 0.244 e. The molecule has 0 saturated carbocycles. The Bertz CT molecular complexity index is 514. The van der Waals surface area contributed by atoms with E-state index in [0.29, 0.717) is 24.1 Å². The van der Waals surface area contributed by atoms with Crippen molar-refractivity contribution in [1.29, 1.82) is 5.26 Å². The average molecular weight is 276 g/mol. The van der Waals surface area contributed by atoms with Crippen LogP contribution in [-0.2, 0) is 4.79 Å². The lowest BCUT2D eigenvalue weighted by atomic mass is 9.79. The lowest BCUT2D eigenvalue weighted by molar-refractivity contribution is -0.123. The summed E-state index contributed by atoms with van der Waals surface area (Å²) in [5, 5.41) is 12.2. The second-order valence-electron chi connectivity index (χ2n) is 5.11. The first-order chi connectivity index (χ1) is 9.49. The van der Waals surface area contributed by atoms with Crippen LogP contribution in [0.5, 0.6) is 0 Å². The Kier molecular flexibility index (Phi) is 5.69. The van der Waals surface area contributed by atoms with Crippen molar-refractivity contribution in [3.8, 4) is 6.07 Å². The topological polar surface area (TPSA) is 52.9 Å². The fraction of sp³-hybridized carbons (Fsp3) is 0.500. The summed E-state index contributed by atoms with van der Waals surface area (Å²) in [5.41, 5.74) is 0.00303. The third kappa shape index (κ3) is 3.57. The summed E-state index contributed by atoms with van der Waals surface area (Å²) in [6, 6.07) is 6.59. The summed E-state index contributed by atoms with van der Waals surface area (Å²) < 4.78 is 13.2. The number of amides is 1. The van der Waals surface area contributed by atoms with Crippen LogP contribution in [0.3, 0.4) is 0 Å². The number of anilines is 1. The molecule has 1 N–H and O–H groups in total. The van der Waals surface area contributed by atoms with Gasteiger partial charge in [-0.3, -0.25) is 4.79 Å². The summed E-state index contributed by atoms with van der Waals surface area (Å²) in [7, 11) is 0. The van der Waals surface area contributed by atoms with Crippen LogP contribution >= 0.6 is 0 Å². The molecule has 0 aromatic heterocycles. The average Bonchev–Trinajstić information content (AvgIpc) is 2.42. The van der Waals surface area contributed by atoms with E-state index in [2.05, 4.69) is 11.4 Å². The molecule has 1 aromatic carbocycles. The lowest BCUT2D eigenvalue weighted by Gasteiger charge is -2.24. The summed E-state index contributed by atoms with van der Waals surface area (Å²) in [6.07, 6.45) is 2.60. The van der Waals surface area contributed by atoms with Gasteiger partial charge in [0.25, 0.3) is 0 Å². The summed E-state index contributed by atoms with van der Waals surface area (Å²) >= 11 is 0. The molecular formula is C16H21FN2O. The Morgan fingerprint density at radius 2 is 1.95 bits per heavy atom. The quantitative estimate of drug-likeness (QED) is 0.847. The number of carbonyl (C=O) groups excluding carboxylic acids is 1. The third-order valence-electron chi connectivity index (χ3n) is 3.42. The molecule has 0 fully saturated rings. The van der Waals surface area contributed by atoms with Gasteiger partial charge in [-0.25, -0.2) is 4.39 Å². The van der Waals surface area contributed by atoms with Gasteiger partial charge in [0.2, 0.25) is 5.91 Å². The lowest BCUT2D eigenvalue weighted by Crippen LogP contribution is -2.35. The van der Waals surface area contributed by atoms with Gasteiger partial charge >= 0.3 is 0 Å². The van der Waals surface area contributed by atoms with Gasteiger partial charge in [-0.05, 0) is 43.5 Å². The first-order valence-electron chi connectivity index (χ1n) is 6.98. The molecule has 1 rings (SSSR count). The number of nitriles is 1. The maximum Gasteiger partial charge on any atom is 0.244 e. The number of hydrogen-bond donors (Lipinski definition) is 1. The van der Waals surface area contributed by atoms with Crippen molar-refractivity contribution in [2.45, 2.75) is 46.5 Å². The van der Waals surface area contributed by atoms with Gasteiger partial charge in [-0.2, -0.15) is 5.26 Å². The van der Waals surface area contributed by atoms with Gasteiger partial charge in [0.1, 0.15) is 11.2 Å². The molecule has 108 valence electrons. The van der Waals surface area contributed by atoms with Crippen LogP contribution in [0.15, 0.2) is 18.2 Å². The van der Waals surface area contributed by atoms with Crippen molar-refractivity contribution < 1.29 is 9.18 Å². The van der Waals surface area contributed by atoms with E-state index < -0.39 is 5.41 Å². The monoisotopic (exact) mass is 276 g/mol. The van der Waals surface area contributed by atoms with E-state index in [4.69, 9.17) is 0 Å². The second-order valence-corrected chi connectivity index (χ2v) is 5.11. The molecule has 0 radical (unpaired) electrons. The van der Waals surface area contributed by atoms with Gasteiger partial charge < -0.3 is 5.32 Å². The minimum absolute atomic E-state index is 0.297. The van der Waals surface area contributed by atoms with Gasteiger partial charge in [0.05, 0.1) is 6.07 Å². The van der Waals surface area contributed by atoms with Crippen molar-refractivity contribution in [2.75, 3.05) is 5.32 Å². The van der Waals surface area contributed by atoms with E-state index in [1.54, 1.807) is 13.0 Å². The summed E-state index contributed by atoms with van der Waals surface area (Å²) in [4.78, 5) is 12.4. The van der Waals surface area contributed by atoms with Gasteiger partial charge in [0, 0.05) is 5.69 Å². The SMILES string of the molecule is CCCC(C#N)(CCC)C(=O)Nc1ccc(F)c(C)c1. The summed E-state index contributed by atoms with van der Waals surface area (Å²) in [6.45, 7) is 5.55. The molecule has 0 unspecified atom stereocenters. The van der Waals surface area contributed by atoms with Crippen LogP contribution in [0.2, 0.25) is 0 Å². The highest BCUT2D eigenvalue weighted by molar-refractivity contribution is 5.97. The number of hydrogen-bond acceptors (Lipinski definition) is 2. The number of benzene rings is 1. The van der Waals surface area contributed by atoms with E-state index in [-0.39, 0.29) is 11.7 Å². The van der Waals surface area contributed by atoms with E-state index >= 15 is 0 Å². The van der Waals surface area contributed by atoms with Crippen LogP contribution in [0.1, 0.15) is 45.1 Å². The molecule has 0 atom stereocenters. The predicted molar refractivity (Wildman–Crippen MR) is 77.6 cm³/mol. The van der Waals surface area contributed by atoms with Crippen LogP contribution in [0.25, 0.3) is 0 Å². The highest BCUT2D eigenvalue weighted by atomic mass is 19.1. The van der Waals surface area contributed by atoms with E-state index in [1.165, 1.54) is 12.1 Å². The van der Waals surface area contributed by atoms with Crippen molar-refractivity contribution in [3.63, 3.8) is 0 Å². The molecule has 0 spiro atoms. The zero-order chi connectivity index (χ0) is 15.2. The molecular weight excluding hydrogens is 255 g/mol. The molecule has 1 amide bonds. The molecule has 0 aliphatic carbocycles. The van der Waals surface area contributed by atoms with Crippen molar-refractivity contribution in [3.05, 3.63) is 29.6 Å². The van der Waals surface area contributed by atoms with E-state index in [1.807, 2.05) is 13.8 Å². The molecule has 0 aliphatic heterocycles. The van der Waals surface area contributed by atoms with Crippen molar-refractivity contribution in [1.82, 2.24) is 0 Å². The van der Waals surface area contributed by atoms with E-state index in [0.717, 1.165) is 12.8 Å². The fourth-order valence-corrected chi connectivity index (χ4v) is 2.34. The molecule has 0 aliphatic rings. The number of rotatable bonds is 6. The van der Waals surface area contributed by atoms with Crippen LogP contribution in [0, 0.1) is 29.5 Å². The van der Waals surface area contributed by atoms with E-state index in [9.17, 15) is 14.4 Å². The second kappa shape index (κ2) is 7.04. The molecule has 0 saturated heterocycles. The Morgan fingerprint density at radius 3 is 2.40 bits per heavy atom. The van der Waals surface area contributed by atoms with Gasteiger partial charge in [-0.1, -0.05) is 26.7 Å². The van der Waals surface area contributed by atoms with Crippen LogP contribution in [0.4, 0.5) is 10.1 Å². The van der Waals surface area contributed by atoms with Crippen LogP contribution < -0.4 is 5.32 Å². The Morgan fingerprint density at radius 1 is 1.35 bits per heavy atom. The Labute approximate surface area is 119 Å². The first kappa shape index (κ1) is 16.2. The highest BCUT2D eigenvalue weighted by Crippen LogP contribution is 2.31. The normalized spacial score (nSPS) is 10.9. The van der Waals surface area contributed by atoms with Gasteiger partial charge in [0.15, 0.2) is 0 Å². The third-order valence-corrected chi connectivity index (χ3v) is 3.42. The number of halogens is 1. The standard InChI is InChI=1S/C16H21FN2O/c1-4-8-16(11-18,9-5-2)15(20)19-13-6-7-14(17)12(3)10-13/h6-7,10H,4-5,8-9H2,1-3H3,(H,19,20). The molecule has 0 heterocycles.